The van der Waals surface area contributed by atoms with E-state index in [-0.39, 0.29) is 30.9 Å². The molecule has 3 amide bonds. The number of piperidine rings is 1. The Morgan fingerprint density at radius 2 is 1.67 bits per heavy atom. The van der Waals surface area contributed by atoms with Crippen LogP contribution in [0.15, 0.2) is 12.1 Å². The number of carbonyl (C=O) groups excluding carboxylic acids is 2. The minimum absolute atomic E-state index is 0.0351. The largest absolute Gasteiger partial charge is 0.493 e. The monoisotopic (exact) mass is 421 g/mol. The van der Waals surface area contributed by atoms with Crippen molar-refractivity contribution in [3.63, 3.8) is 0 Å². The van der Waals surface area contributed by atoms with Crippen LogP contribution in [-0.4, -0.2) is 79.8 Å². The zero-order valence-electron chi connectivity index (χ0n) is 17.3. The summed E-state index contributed by atoms with van der Waals surface area (Å²) in [6.07, 6.45) is 1.28. The van der Waals surface area contributed by atoms with Crippen LogP contribution in [0.25, 0.3) is 0 Å². The number of ether oxygens (including phenoxy) is 3. The smallest absolute Gasteiger partial charge is 0.321 e. The molecule has 164 valence electrons. The maximum atomic E-state index is 12.7. The molecule has 1 aromatic carbocycles. The summed E-state index contributed by atoms with van der Waals surface area (Å²) in [4.78, 5) is 39.3. The maximum Gasteiger partial charge on any atom is 0.321 e. The van der Waals surface area contributed by atoms with Crippen molar-refractivity contribution in [3.05, 3.63) is 12.1 Å². The Bertz CT molecular complexity index is 796. The molecule has 0 radical (unpaired) electrons. The fraction of sp³-hybridized carbons (Fsp3) is 0.550. The first-order chi connectivity index (χ1) is 14.4. The van der Waals surface area contributed by atoms with Gasteiger partial charge in [-0.3, -0.25) is 9.59 Å². The van der Waals surface area contributed by atoms with Crippen molar-refractivity contribution < 1.29 is 33.7 Å². The molecule has 0 aliphatic carbocycles. The van der Waals surface area contributed by atoms with E-state index in [1.807, 2.05) is 0 Å². The third-order valence-corrected chi connectivity index (χ3v) is 5.62. The number of amides is 3. The van der Waals surface area contributed by atoms with Crippen LogP contribution >= 0.6 is 0 Å². The highest BCUT2D eigenvalue weighted by Gasteiger charge is 2.39. The van der Waals surface area contributed by atoms with Gasteiger partial charge in [0.1, 0.15) is 0 Å². The number of nitrogens with one attached hydrogen (secondary N) is 1. The Kier molecular flexibility index (Phi) is 6.53. The van der Waals surface area contributed by atoms with Gasteiger partial charge in [0.2, 0.25) is 11.7 Å². The van der Waals surface area contributed by atoms with Gasteiger partial charge in [0.15, 0.2) is 11.5 Å². The summed E-state index contributed by atoms with van der Waals surface area (Å²) in [7, 11) is 4.51. The van der Waals surface area contributed by atoms with E-state index in [2.05, 4.69) is 5.32 Å². The van der Waals surface area contributed by atoms with E-state index in [1.54, 1.807) is 21.9 Å². The van der Waals surface area contributed by atoms with Crippen LogP contribution in [-0.2, 0) is 9.59 Å². The van der Waals surface area contributed by atoms with Gasteiger partial charge >= 0.3 is 12.0 Å². The van der Waals surface area contributed by atoms with Gasteiger partial charge in [0, 0.05) is 44.2 Å². The second-order valence-corrected chi connectivity index (χ2v) is 7.35. The molecule has 1 atom stereocenters. The molecule has 0 bridgehead atoms. The Labute approximate surface area is 174 Å². The van der Waals surface area contributed by atoms with E-state index in [0.29, 0.717) is 48.9 Å². The normalized spacial score (nSPS) is 19.6. The molecule has 30 heavy (non-hydrogen) atoms. The molecule has 0 aromatic heterocycles. The second-order valence-electron chi connectivity index (χ2n) is 7.35. The number of carboxylic acids is 1. The van der Waals surface area contributed by atoms with E-state index in [0.717, 1.165) is 0 Å². The number of carbonyl (C=O) groups is 3. The fourth-order valence-electron chi connectivity index (χ4n) is 3.99. The highest BCUT2D eigenvalue weighted by atomic mass is 16.5. The van der Waals surface area contributed by atoms with Crippen LogP contribution in [0.5, 0.6) is 17.2 Å². The zero-order chi connectivity index (χ0) is 21.8. The first-order valence-electron chi connectivity index (χ1n) is 9.76. The van der Waals surface area contributed by atoms with Crippen LogP contribution < -0.4 is 19.5 Å². The Balaban J connectivity index is 1.60. The minimum Gasteiger partial charge on any atom is -0.493 e. The Morgan fingerprint density at radius 3 is 2.13 bits per heavy atom. The van der Waals surface area contributed by atoms with Gasteiger partial charge in [0.25, 0.3) is 0 Å². The number of benzene rings is 1. The highest BCUT2D eigenvalue weighted by molar-refractivity contribution is 5.90. The van der Waals surface area contributed by atoms with E-state index in [9.17, 15) is 14.4 Å². The number of anilines is 1. The van der Waals surface area contributed by atoms with Crippen molar-refractivity contribution in [1.29, 1.82) is 0 Å². The number of urea groups is 1. The molecule has 10 heteroatoms. The van der Waals surface area contributed by atoms with Crippen molar-refractivity contribution in [2.24, 2.45) is 5.92 Å². The predicted molar refractivity (Wildman–Crippen MR) is 107 cm³/mol. The van der Waals surface area contributed by atoms with Crippen molar-refractivity contribution in [2.75, 3.05) is 46.3 Å². The van der Waals surface area contributed by atoms with Gasteiger partial charge < -0.3 is 34.4 Å². The molecule has 2 saturated heterocycles. The van der Waals surface area contributed by atoms with Gasteiger partial charge in [-0.2, -0.15) is 0 Å². The SMILES string of the molecule is COc1cc(NC(=O)N2CCC(N3CC(C(=O)O)CC3=O)CC2)cc(OC)c1OC. The van der Waals surface area contributed by atoms with Crippen LogP contribution in [0.2, 0.25) is 0 Å². The van der Waals surface area contributed by atoms with E-state index in [4.69, 9.17) is 19.3 Å². The van der Waals surface area contributed by atoms with Crippen molar-refractivity contribution in [2.45, 2.75) is 25.3 Å². The molecule has 2 aliphatic rings. The molecular formula is C20H27N3O7. The van der Waals surface area contributed by atoms with Crippen molar-refractivity contribution >= 4 is 23.6 Å². The second kappa shape index (κ2) is 9.10. The zero-order valence-corrected chi connectivity index (χ0v) is 17.3. The molecule has 3 rings (SSSR count). The van der Waals surface area contributed by atoms with E-state index < -0.39 is 11.9 Å². The van der Waals surface area contributed by atoms with Crippen molar-refractivity contribution in [1.82, 2.24) is 9.80 Å². The van der Waals surface area contributed by atoms with Gasteiger partial charge in [0.05, 0.1) is 32.9 Å². The van der Waals surface area contributed by atoms with E-state index >= 15 is 0 Å². The molecule has 0 spiro atoms. The molecule has 0 saturated carbocycles. The van der Waals surface area contributed by atoms with Crippen LogP contribution in [0.3, 0.4) is 0 Å². The summed E-state index contributed by atoms with van der Waals surface area (Å²) in [5, 5.41) is 12.0. The van der Waals surface area contributed by atoms with Gasteiger partial charge in [-0.15, -0.1) is 0 Å². The Morgan fingerprint density at radius 1 is 1.07 bits per heavy atom. The number of methoxy groups -OCH3 is 3. The van der Waals surface area contributed by atoms with Gasteiger partial charge in [-0.25, -0.2) is 4.79 Å². The first kappa shape index (κ1) is 21.5. The molecule has 1 aromatic rings. The average Bonchev–Trinajstić information content (AvgIpc) is 3.15. The lowest BCUT2D eigenvalue weighted by Crippen LogP contribution is -2.48. The van der Waals surface area contributed by atoms with Crippen LogP contribution in [0, 0.1) is 5.92 Å². The third kappa shape index (κ3) is 4.37. The standard InChI is InChI=1S/C20H27N3O7/c1-28-15-9-13(10-16(29-2)18(15)30-3)21-20(27)22-6-4-14(5-7-22)23-11-12(19(25)26)8-17(23)24/h9-10,12,14H,4-8,11H2,1-3H3,(H,21,27)(H,25,26). The molecule has 10 nitrogen and oxygen atoms in total. The molecule has 2 aliphatic heterocycles. The quantitative estimate of drug-likeness (QED) is 0.717. The molecule has 2 fully saturated rings. The van der Waals surface area contributed by atoms with Gasteiger partial charge in [-0.05, 0) is 12.8 Å². The summed E-state index contributed by atoms with van der Waals surface area (Å²) in [6, 6.07) is 3.01. The number of aliphatic carboxylic acids is 1. The summed E-state index contributed by atoms with van der Waals surface area (Å²) in [5.41, 5.74) is 0.510. The summed E-state index contributed by atoms with van der Waals surface area (Å²) in [6.45, 7) is 1.20. The number of carboxylic acid groups (broad SMARTS) is 1. The summed E-state index contributed by atoms with van der Waals surface area (Å²) < 4.78 is 15.9. The lowest BCUT2D eigenvalue weighted by molar-refractivity contribution is -0.141. The molecule has 1 unspecified atom stereocenters. The molecule has 2 N–H and O–H groups in total. The highest BCUT2D eigenvalue weighted by Crippen LogP contribution is 2.40. The summed E-state index contributed by atoms with van der Waals surface area (Å²) >= 11 is 0. The number of nitrogens with zero attached hydrogens (tertiary/aromatic N) is 2. The summed E-state index contributed by atoms with van der Waals surface area (Å²) in [5.74, 6) is -0.388. The van der Waals surface area contributed by atoms with Crippen molar-refractivity contribution in [3.8, 4) is 17.2 Å². The number of likely N-dealkylation sites (tertiary alicyclic amines) is 2. The Hall–Kier alpha value is -3.17. The maximum absolute atomic E-state index is 12.7. The lowest BCUT2D eigenvalue weighted by Gasteiger charge is -2.36. The van der Waals surface area contributed by atoms with Gasteiger partial charge in [-0.1, -0.05) is 0 Å². The average molecular weight is 421 g/mol. The molecule has 2 heterocycles. The van der Waals surface area contributed by atoms with Crippen LogP contribution in [0.4, 0.5) is 10.5 Å². The third-order valence-electron chi connectivity index (χ3n) is 5.62. The van der Waals surface area contributed by atoms with Crippen LogP contribution in [0.1, 0.15) is 19.3 Å². The minimum atomic E-state index is -0.937. The molecular weight excluding hydrogens is 394 g/mol. The number of hydrogen-bond donors (Lipinski definition) is 2. The lowest BCUT2D eigenvalue weighted by atomic mass is 10.0. The predicted octanol–water partition coefficient (Wildman–Crippen LogP) is 1.64. The number of rotatable bonds is 6. The topological polar surface area (TPSA) is 118 Å². The number of hydrogen-bond acceptors (Lipinski definition) is 6. The van der Waals surface area contributed by atoms with E-state index in [1.165, 1.54) is 21.3 Å². The fourth-order valence-corrected chi connectivity index (χ4v) is 3.99. The first-order valence-corrected chi connectivity index (χ1v) is 9.76.